The number of carbonyl (C=O) groups is 1. The first-order valence-corrected chi connectivity index (χ1v) is 7.24. The molecule has 3 aliphatic heterocycles. The molecule has 96 valence electrons. The fourth-order valence-corrected chi connectivity index (χ4v) is 4.56. The standard InChI is InChI=1S/C12H19NO3S/c1-15-10-4-12(17-6-10)7-13(8-12)11(14)9-2-3-16-5-9/h9-10H,2-8H2,1H3. The molecule has 0 saturated carbocycles. The highest BCUT2D eigenvalue weighted by Crippen LogP contribution is 2.46. The van der Waals surface area contributed by atoms with Crippen molar-refractivity contribution in [3.63, 3.8) is 0 Å². The quantitative estimate of drug-likeness (QED) is 0.732. The molecule has 2 unspecified atom stereocenters. The van der Waals surface area contributed by atoms with Crippen LogP contribution in [0.25, 0.3) is 0 Å². The molecule has 3 rings (SSSR count). The van der Waals surface area contributed by atoms with E-state index in [1.807, 2.05) is 16.7 Å². The van der Waals surface area contributed by atoms with Gasteiger partial charge in [0.1, 0.15) is 0 Å². The molecule has 1 spiro atoms. The van der Waals surface area contributed by atoms with Crippen molar-refractivity contribution in [1.29, 1.82) is 0 Å². The summed E-state index contributed by atoms with van der Waals surface area (Å²) in [4.78, 5) is 14.1. The summed E-state index contributed by atoms with van der Waals surface area (Å²) < 4.78 is 11.0. The van der Waals surface area contributed by atoms with Gasteiger partial charge in [-0.05, 0) is 12.8 Å². The molecule has 1 amide bonds. The van der Waals surface area contributed by atoms with E-state index in [0.29, 0.717) is 23.4 Å². The molecule has 3 aliphatic rings. The molecule has 0 aromatic rings. The van der Waals surface area contributed by atoms with E-state index in [4.69, 9.17) is 9.47 Å². The number of likely N-dealkylation sites (tertiary alicyclic amines) is 1. The van der Waals surface area contributed by atoms with E-state index in [-0.39, 0.29) is 5.92 Å². The summed E-state index contributed by atoms with van der Waals surface area (Å²) in [5.41, 5.74) is 0. The monoisotopic (exact) mass is 257 g/mol. The Labute approximate surface area is 106 Å². The molecule has 2 atom stereocenters. The lowest BCUT2D eigenvalue weighted by molar-refractivity contribution is -0.141. The van der Waals surface area contributed by atoms with E-state index < -0.39 is 0 Å². The Morgan fingerprint density at radius 2 is 2.35 bits per heavy atom. The van der Waals surface area contributed by atoms with E-state index >= 15 is 0 Å². The average Bonchev–Trinajstić information content (AvgIpc) is 2.95. The van der Waals surface area contributed by atoms with Crippen molar-refractivity contribution >= 4 is 17.7 Å². The first-order chi connectivity index (χ1) is 8.22. The fraction of sp³-hybridized carbons (Fsp3) is 0.917. The minimum absolute atomic E-state index is 0.122. The molecule has 0 aromatic heterocycles. The van der Waals surface area contributed by atoms with Gasteiger partial charge in [0.25, 0.3) is 0 Å². The van der Waals surface area contributed by atoms with E-state index in [2.05, 4.69) is 0 Å². The van der Waals surface area contributed by atoms with Crippen molar-refractivity contribution in [3.8, 4) is 0 Å². The second kappa shape index (κ2) is 4.44. The molecule has 3 fully saturated rings. The largest absolute Gasteiger partial charge is 0.381 e. The van der Waals surface area contributed by atoms with Crippen molar-refractivity contribution in [2.45, 2.75) is 23.7 Å². The van der Waals surface area contributed by atoms with Gasteiger partial charge in [0.15, 0.2) is 0 Å². The van der Waals surface area contributed by atoms with Crippen molar-refractivity contribution in [2.75, 3.05) is 39.2 Å². The average molecular weight is 257 g/mol. The third kappa shape index (κ3) is 2.09. The summed E-state index contributed by atoms with van der Waals surface area (Å²) in [5.74, 6) is 1.50. The van der Waals surface area contributed by atoms with Crippen molar-refractivity contribution in [1.82, 2.24) is 4.90 Å². The maximum atomic E-state index is 12.1. The van der Waals surface area contributed by atoms with Crippen LogP contribution in [0.15, 0.2) is 0 Å². The SMILES string of the molecule is COC1CSC2(C1)CN(C(=O)C1CCOC1)C2. The zero-order valence-corrected chi connectivity index (χ0v) is 11.0. The van der Waals surface area contributed by atoms with Gasteiger partial charge in [0, 0.05) is 32.6 Å². The predicted octanol–water partition coefficient (Wildman–Crippen LogP) is 0.756. The Hall–Kier alpha value is -0.260. The molecule has 3 heterocycles. The lowest BCUT2D eigenvalue weighted by atomic mass is 9.91. The number of nitrogens with zero attached hydrogens (tertiary/aromatic N) is 1. The Morgan fingerprint density at radius 1 is 1.53 bits per heavy atom. The molecular formula is C12H19NO3S. The Bertz CT molecular complexity index is 311. The van der Waals surface area contributed by atoms with Crippen LogP contribution in [0.3, 0.4) is 0 Å². The van der Waals surface area contributed by atoms with Gasteiger partial charge in [-0.15, -0.1) is 11.8 Å². The lowest BCUT2D eigenvalue weighted by Crippen LogP contribution is -2.62. The first kappa shape index (κ1) is 11.8. The zero-order valence-electron chi connectivity index (χ0n) is 10.2. The zero-order chi connectivity index (χ0) is 11.9. The first-order valence-electron chi connectivity index (χ1n) is 6.26. The van der Waals surface area contributed by atoms with Crippen LogP contribution in [0.2, 0.25) is 0 Å². The number of hydrogen-bond acceptors (Lipinski definition) is 4. The fourth-order valence-electron chi connectivity index (χ4n) is 2.97. The second-order valence-corrected chi connectivity index (χ2v) is 6.80. The number of methoxy groups -OCH3 is 1. The van der Waals surface area contributed by atoms with Crippen LogP contribution in [-0.2, 0) is 14.3 Å². The minimum Gasteiger partial charge on any atom is -0.381 e. The van der Waals surface area contributed by atoms with Crippen LogP contribution in [0, 0.1) is 5.92 Å². The van der Waals surface area contributed by atoms with Crippen molar-refractivity contribution in [2.24, 2.45) is 5.92 Å². The molecule has 0 radical (unpaired) electrons. The van der Waals surface area contributed by atoms with Crippen molar-refractivity contribution < 1.29 is 14.3 Å². The normalized spacial score (nSPS) is 35.2. The van der Waals surface area contributed by atoms with Gasteiger partial charge in [-0.25, -0.2) is 0 Å². The Kier molecular flexibility index (Phi) is 3.09. The van der Waals surface area contributed by atoms with E-state index in [9.17, 15) is 4.79 Å². The number of ether oxygens (including phenoxy) is 2. The summed E-state index contributed by atoms with van der Waals surface area (Å²) in [6, 6.07) is 0. The molecule has 4 nitrogen and oxygen atoms in total. The highest BCUT2D eigenvalue weighted by Gasteiger charge is 2.51. The predicted molar refractivity (Wildman–Crippen MR) is 66.1 cm³/mol. The molecular weight excluding hydrogens is 238 g/mol. The third-order valence-corrected chi connectivity index (χ3v) is 5.63. The smallest absolute Gasteiger partial charge is 0.228 e. The number of amides is 1. The summed E-state index contributed by atoms with van der Waals surface area (Å²) in [7, 11) is 1.78. The van der Waals surface area contributed by atoms with Gasteiger partial charge in [-0.1, -0.05) is 0 Å². The van der Waals surface area contributed by atoms with E-state index in [1.54, 1.807) is 7.11 Å². The van der Waals surface area contributed by atoms with Gasteiger partial charge in [-0.2, -0.15) is 0 Å². The van der Waals surface area contributed by atoms with E-state index in [0.717, 1.165) is 38.3 Å². The molecule has 0 N–H and O–H groups in total. The van der Waals surface area contributed by atoms with Crippen molar-refractivity contribution in [3.05, 3.63) is 0 Å². The lowest BCUT2D eigenvalue weighted by Gasteiger charge is -2.48. The minimum atomic E-state index is 0.122. The van der Waals surface area contributed by atoms with Gasteiger partial charge >= 0.3 is 0 Å². The molecule has 0 aliphatic carbocycles. The Balaban J connectivity index is 1.52. The maximum absolute atomic E-state index is 12.1. The highest BCUT2D eigenvalue weighted by atomic mass is 32.2. The summed E-state index contributed by atoms with van der Waals surface area (Å²) >= 11 is 1.98. The summed E-state index contributed by atoms with van der Waals surface area (Å²) in [6.07, 6.45) is 2.38. The summed E-state index contributed by atoms with van der Waals surface area (Å²) in [5, 5.41) is 0. The van der Waals surface area contributed by atoms with Gasteiger partial charge in [0.05, 0.1) is 23.4 Å². The molecule has 17 heavy (non-hydrogen) atoms. The molecule has 0 aromatic carbocycles. The van der Waals surface area contributed by atoms with Crippen LogP contribution in [0.5, 0.6) is 0 Å². The van der Waals surface area contributed by atoms with Crippen LogP contribution in [0.1, 0.15) is 12.8 Å². The number of thioether (sulfide) groups is 1. The van der Waals surface area contributed by atoms with Gasteiger partial charge in [0.2, 0.25) is 5.91 Å². The molecule has 3 saturated heterocycles. The van der Waals surface area contributed by atoms with Gasteiger partial charge in [-0.3, -0.25) is 4.79 Å². The van der Waals surface area contributed by atoms with Gasteiger partial charge < -0.3 is 14.4 Å². The topological polar surface area (TPSA) is 38.8 Å². The van der Waals surface area contributed by atoms with Crippen LogP contribution in [0.4, 0.5) is 0 Å². The van der Waals surface area contributed by atoms with Crippen LogP contribution in [-0.4, -0.2) is 60.8 Å². The van der Waals surface area contributed by atoms with Crippen LogP contribution < -0.4 is 0 Å². The number of rotatable bonds is 2. The highest BCUT2D eigenvalue weighted by molar-refractivity contribution is 8.01. The third-order valence-electron chi connectivity index (χ3n) is 4.06. The number of carbonyl (C=O) groups excluding carboxylic acids is 1. The number of hydrogen-bond donors (Lipinski definition) is 0. The van der Waals surface area contributed by atoms with E-state index in [1.165, 1.54) is 0 Å². The second-order valence-electron chi connectivity index (χ2n) is 5.31. The molecule has 5 heteroatoms. The molecule has 0 bridgehead atoms. The van der Waals surface area contributed by atoms with Crippen LogP contribution >= 0.6 is 11.8 Å². The Morgan fingerprint density at radius 3 is 2.94 bits per heavy atom. The summed E-state index contributed by atoms with van der Waals surface area (Å²) in [6.45, 7) is 3.19. The maximum Gasteiger partial charge on any atom is 0.228 e.